The van der Waals surface area contributed by atoms with Gasteiger partial charge in [0.2, 0.25) is 0 Å². The molecule has 1 saturated carbocycles. The van der Waals surface area contributed by atoms with E-state index >= 15 is 0 Å². The summed E-state index contributed by atoms with van der Waals surface area (Å²) in [5.74, 6) is 0.218. The molecule has 2 aliphatic rings. The van der Waals surface area contributed by atoms with Gasteiger partial charge in [0.1, 0.15) is 5.78 Å². The predicted octanol–water partition coefficient (Wildman–Crippen LogP) is 4.12. The minimum atomic E-state index is -0.377. The summed E-state index contributed by atoms with van der Waals surface area (Å²) in [5.41, 5.74) is 2.75. The summed E-state index contributed by atoms with van der Waals surface area (Å²) in [4.78, 5) is 36.0. The Kier molecular flexibility index (Phi) is 4.12. The van der Waals surface area contributed by atoms with Crippen LogP contribution in [0.4, 0.5) is 0 Å². The Morgan fingerprint density at radius 3 is 2.42 bits per heavy atom. The number of carbonyl (C=O) groups is 3. The van der Waals surface area contributed by atoms with Crippen LogP contribution in [0.2, 0.25) is 0 Å². The van der Waals surface area contributed by atoms with Crippen LogP contribution in [0, 0.1) is 11.3 Å². The minimum absolute atomic E-state index is 0.121. The van der Waals surface area contributed by atoms with Crippen molar-refractivity contribution >= 4 is 17.3 Å². The maximum Gasteiger partial charge on any atom is 0.186 e. The van der Waals surface area contributed by atoms with Crippen LogP contribution in [0.1, 0.15) is 59.4 Å². The molecule has 0 saturated heterocycles. The van der Waals surface area contributed by atoms with Gasteiger partial charge in [0.15, 0.2) is 11.6 Å². The highest BCUT2D eigenvalue weighted by atomic mass is 16.1. The van der Waals surface area contributed by atoms with Crippen molar-refractivity contribution in [3.8, 4) is 0 Å². The fraction of sp³-hybridized carbons (Fsp3) is 0.381. The third kappa shape index (κ3) is 2.79. The quantitative estimate of drug-likeness (QED) is 0.787. The van der Waals surface area contributed by atoms with Crippen molar-refractivity contribution in [2.45, 2.75) is 39.5 Å². The van der Waals surface area contributed by atoms with Gasteiger partial charge in [-0.3, -0.25) is 14.4 Å². The summed E-state index contributed by atoms with van der Waals surface area (Å²) < 4.78 is 0. The molecule has 0 radical (unpaired) electrons. The van der Waals surface area contributed by atoms with E-state index in [9.17, 15) is 14.4 Å². The number of fused-ring (bicyclic) bond motifs is 1. The zero-order valence-electron chi connectivity index (χ0n) is 14.2. The molecule has 2 aliphatic carbocycles. The molecule has 1 atom stereocenters. The molecule has 124 valence electrons. The number of ketones is 3. The summed E-state index contributed by atoms with van der Waals surface area (Å²) in [6, 6.07) is 5.46. The molecule has 3 rings (SSSR count). The molecule has 24 heavy (non-hydrogen) atoms. The van der Waals surface area contributed by atoms with Gasteiger partial charge in [-0.1, -0.05) is 38.1 Å². The molecule has 0 heterocycles. The van der Waals surface area contributed by atoms with Crippen molar-refractivity contribution in [1.82, 2.24) is 0 Å². The summed E-state index contributed by atoms with van der Waals surface area (Å²) in [5, 5.41) is 0. The summed E-state index contributed by atoms with van der Waals surface area (Å²) in [6.07, 6.45) is 5.61. The van der Waals surface area contributed by atoms with E-state index in [2.05, 4.69) is 6.58 Å². The first-order valence-electron chi connectivity index (χ1n) is 8.41. The SMILES string of the molecule is C=C1CCC(=O)C(C)(C)[C@@H]1CCc1ccc2c(c1)C(=O)C=CC2=O. The Morgan fingerprint density at radius 2 is 1.71 bits per heavy atom. The lowest BCUT2D eigenvalue weighted by Gasteiger charge is -2.39. The maximum absolute atomic E-state index is 12.2. The number of rotatable bonds is 3. The highest BCUT2D eigenvalue weighted by Gasteiger charge is 2.40. The second-order valence-electron chi connectivity index (χ2n) is 7.34. The predicted molar refractivity (Wildman–Crippen MR) is 93.2 cm³/mol. The molecule has 0 aromatic heterocycles. The molecule has 0 aliphatic heterocycles. The van der Waals surface area contributed by atoms with Crippen LogP contribution in [0.15, 0.2) is 42.5 Å². The molecule has 3 heteroatoms. The molecule has 1 aromatic carbocycles. The molecule has 0 spiro atoms. The fourth-order valence-corrected chi connectivity index (χ4v) is 3.85. The number of allylic oxidation sites excluding steroid dienone is 3. The second kappa shape index (κ2) is 5.97. The van der Waals surface area contributed by atoms with Crippen molar-refractivity contribution in [1.29, 1.82) is 0 Å². The van der Waals surface area contributed by atoms with E-state index in [1.807, 2.05) is 26.0 Å². The van der Waals surface area contributed by atoms with Crippen LogP contribution in [0.25, 0.3) is 0 Å². The number of hydrogen-bond donors (Lipinski definition) is 0. The monoisotopic (exact) mass is 322 g/mol. The highest BCUT2D eigenvalue weighted by Crippen LogP contribution is 2.43. The Labute approximate surface area is 142 Å². The van der Waals surface area contributed by atoms with E-state index in [0.717, 1.165) is 30.4 Å². The fourth-order valence-electron chi connectivity index (χ4n) is 3.85. The molecule has 0 bridgehead atoms. The first-order chi connectivity index (χ1) is 11.3. The van der Waals surface area contributed by atoms with E-state index in [-0.39, 0.29) is 22.9 Å². The van der Waals surface area contributed by atoms with Gasteiger partial charge in [0, 0.05) is 23.0 Å². The van der Waals surface area contributed by atoms with Crippen molar-refractivity contribution in [2.24, 2.45) is 11.3 Å². The van der Waals surface area contributed by atoms with Crippen LogP contribution >= 0.6 is 0 Å². The number of benzene rings is 1. The minimum Gasteiger partial charge on any atom is -0.299 e. The summed E-state index contributed by atoms with van der Waals surface area (Å²) in [6.45, 7) is 8.18. The molecule has 1 fully saturated rings. The molecule has 0 amide bonds. The third-order valence-corrected chi connectivity index (χ3v) is 5.48. The van der Waals surface area contributed by atoms with Crippen LogP contribution < -0.4 is 0 Å². The first kappa shape index (κ1) is 16.6. The van der Waals surface area contributed by atoms with Gasteiger partial charge in [-0.15, -0.1) is 0 Å². The van der Waals surface area contributed by atoms with Crippen LogP contribution in [0.3, 0.4) is 0 Å². The second-order valence-corrected chi connectivity index (χ2v) is 7.34. The van der Waals surface area contributed by atoms with Gasteiger partial charge >= 0.3 is 0 Å². The molecule has 0 unspecified atom stereocenters. The van der Waals surface area contributed by atoms with E-state index in [0.29, 0.717) is 23.3 Å². The van der Waals surface area contributed by atoms with Gasteiger partial charge in [0.05, 0.1) is 0 Å². The average Bonchev–Trinajstić information content (AvgIpc) is 2.55. The average molecular weight is 322 g/mol. The van der Waals surface area contributed by atoms with E-state index in [4.69, 9.17) is 0 Å². The van der Waals surface area contributed by atoms with Crippen molar-refractivity contribution in [3.05, 3.63) is 59.2 Å². The molecule has 1 aromatic rings. The lowest BCUT2D eigenvalue weighted by molar-refractivity contribution is -0.130. The Hall–Kier alpha value is -2.29. The summed E-state index contributed by atoms with van der Waals surface area (Å²) in [7, 11) is 0. The topological polar surface area (TPSA) is 51.2 Å². The number of carbonyl (C=O) groups excluding carboxylic acids is 3. The first-order valence-corrected chi connectivity index (χ1v) is 8.41. The smallest absolute Gasteiger partial charge is 0.186 e. The molecule has 0 N–H and O–H groups in total. The maximum atomic E-state index is 12.2. The lowest BCUT2D eigenvalue weighted by atomic mass is 9.64. The van der Waals surface area contributed by atoms with E-state index < -0.39 is 0 Å². The van der Waals surface area contributed by atoms with Crippen molar-refractivity contribution in [3.63, 3.8) is 0 Å². The van der Waals surface area contributed by atoms with Crippen molar-refractivity contribution in [2.75, 3.05) is 0 Å². The number of aryl methyl sites for hydroxylation is 1. The van der Waals surface area contributed by atoms with E-state index in [1.54, 1.807) is 6.07 Å². The van der Waals surface area contributed by atoms with Crippen LogP contribution in [0.5, 0.6) is 0 Å². The Balaban J connectivity index is 1.79. The molecular weight excluding hydrogens is 300 g/mol. The van der Waals surface area contributed by atoms with Gasteiger partial charge in [-0.05, 0) is 49.0 Å². The van der Waals surface area contributed by atoms with Gasteiger partial charge in [-0.2, -0.15) is 0 Å². The summed E-state index contributed by atoms with van der Waals surface area (Å²) >= 11 is 0. The van der Waals surface area contributed by atoms with Crippen LogP contribution in [-0.2, 0) is 11.2 Å². The largest absolute Gasteiger partial charge is 0.299 e. The Morgan fingerprint density at radius 1 is 1.04 bits per heavy atom. The van der Waals surface area contributed by atoms with Gasteiger partial charge < -0.3 is 0 Å². The standard InChI is InChI=1S/C21H22O3/c1-13-4-11-20(24)21(2,3)17(13)8-6-14-5-7-15-16(12-14)19(23)10-9-18(15)22/h5,7,9-10,12,17H,1,4,6,8,11H2,2-3H3/t17-/m1/s1. The van der Waals surface area contributed by atoms with Gasteiger partial charge in [-0.25, -0.2) is 0 Å². The Bertz CT molecular complexity index is 780. The highest BCUT2D eigenvalue weighted by molar-refractivity contribution is 6.22. The lowest BCUT2D eigenvalue weighted by Crippen LogP contribution is -2.38. The molecular formula is C21H22O3. The normalized spacial score (nSPS) is 22.7. The van der Waals surface area contributed by atoms with Crippen molar-refractivity contribution < 1.29 is 14.4 Å². The van der Waals surface area contributed by atoms with E-state index in [1.165, 1.54) is 12.2 Å². The van der Waals surface area contributed by atoms with Crippen LogP contribution in [-0.4, -0.2) is 17.3 Å². The van der Waals surface area contributed by atoms with Gasteiger partial charge in [0.25, 0.3) is 0 Å². The number of Topliss-reactive ketones (excluding diaryl/α,β-unsaturated/α-hetero) is 1. The third-order valence-electron chi connectivity index (χ3n) is 5.48. The number of hydrogen-bond acceptors (Lipinski definition) is 3. The molecule has 3 nitrogen and oxygen atoms in total. The zero-order valence-corrected chi connectivity index (χ0v) is 14.2. The zero-order chi connectivity index (χ0) is 17.5.